The molecule has 0 aliphatic heterocycles. The van der Waals surface area contributed by atoms with Gasteiger partial charge in [-0.1, -0.05) is 47.5 Å². The van der Waals surface area contributed by atoms with Crippen molar-refractivity contribution >= 4 is 34.8 Å². The fraction of sp³-hybridized carbons (Fsp3) is 0.120. The van der Waals surface area contributed by atoms with Crippen molar-refractivity contribution in [2.24, 2.45) is 0 Å². The molecular formula is C25H21Cl2N3O2. The highest BCUT2D eigenvalue weighted by molar-refractivity contribution is 6.31. The number of rotatable bonds is 7. The molecule has 0 saturated carbocycles. The van der Waals surface area contributed by atoms with Crippen molar-refractivity contribution in [3.8, 4) is 5.75 Å². The van der Waals surface area contributed by atoms with E-state index in [2.05, 4.69) is 10.4 Å². The molecular weight excluding hydrogens is 445 g/mol. The lowest BCUT2D eigenvalue weighted by atomic mass is 10.1. The van der Waals surface area contributed by atoms with Gasteiger partial charge in [-0.25, -0.2) is 0 Å². The van der Waals surface area contributed by atoms with Gasteiger partial charge in [0.05, 0.1) is 18.4 Å². The van der Waals surface area contributed by atoms with Gasteiger partial charge in [0.15, 0.2) is 0 Å². The smallest absolute Gasteiger partial charge is 0.255 e. The van der Waals surface area contributed by atoms with Crippen LogP contribution in [0.5, 0.6) is 5.75 Å². The van der Waals surface area contributed by atoms with Crippen molar-refractivity contribution in [3.05, 3.63) is 111 Å². The third kappa shape index (κ3) is 5.69. The number of aromatic nitrogens is 2. The van der Waals surface area contributed by atoms with E-state index in [9.17, 15) is 4.79 Å². The van der Waals surface area contributed by atoms with E-state index >= 15 is 0 Å². The number of aryl methyl sites for hydroxylation is 1. The summed E-state index contributed by atoms with van der Waals surface area (Å²) in [5.41, 5.74) is 4.19. The molecule has 3 aromatic carbocycles. The lowest BCUT2D eigenvalue weighted by molar-refractivity contribution is 0.102. The molecule has 0 saturated heterocycles. The Hall–Kier alpha value is -3.28. The summed E-state index contributed by atoms with van der Waals surface area (Å²) in [6, 6.07) is 20.4. The van der Waals surface area contributed by atoms with Crippen LogP contribution in [0.1, 0.15) is 27.0 Å². The Bertz CT molecular complexity index is 1220. The van der Waals surface area contributed by atoms with E-state index < -0.39 is 0 Å². The highest BCUT2D eigenvalue weighted by Crippen LogP contribution is 2.22. The second-order valence-electron chi connectivity index (χ2n) is 7.40. The number of carbonyl (C=O) groups excluding carboxylic acids is 1. The summed E-state index contributed by atoms with van der Waals surface area (Å²) in [5, 5.41) is 8.58. The zero-order valence-electron chi connectivity index (χ0n) is 17.4. The summed E-state index contributed by atoms with van der Waals surface area (Å²) >= 11 is 12.0. The van der Waals surface area contributed by atoms with E-state index in [4.69, 9.17) is 27.9 Å². The van der Waals surface area contributed by atoms with E-state index in [0.29, 0.717) is 34.4 Å². The molecule has 32 heavy (non-hydrogen) atoms. The monoisotopic (exact) mass is 465 g/mol. The maximum Gasteiger partial charge on any atom is 0.255 e. The van der Waals surface area contributed by atoms with Crippen LogP contribution in [0, 0.1) is 6.92 Å². The molecule has 1 amide bonds. The Kier molecular flexibility index (Phi) is 6.78. The molecule has 0 atom stereocenters. The molecule has 7 heteroatoms. The van der Waals surface area contributed by atoms with Crippen LogP contribution in [0.25, 0.3) is 0 Å². The van der Waals surface area contributed by atoms with E-state index in [1.165, 1.54) is 0 Å². The Labute approximate surface area is 196 Å². The van der Waals surface area contributed by atoms with Crippen molar-refractivity contribution in [2.45, 2.75) is 20.1 Å². The molecule has 0 aliphatic rings. The lowest BCUT2D eigenvalue weighted by Gasteiger charge is -2.09. The predicted molar refractivity (Wildman–Crippen MR) is 128 cm³/mol. The predicted octanol–water partition coefficient (Wildman–Crippen LogP) is 6.38. The van der Waals surface area contributed by atoms with Gasteiger partial charge < -0.3 is 10.1 Å². The highest BCUT2D eigenvalue weighted by atomic mass is 35.5. The van der Waals surface area contributed by atoms with Gasteiger partial charge in [-0.05, 0) is 66.1 Å². The molecule has 4 aromatic rings. The average Bonchev–Trinajstić information content (AvgIpc) is 3.23. The number of carbonyl (C=O) groups is 1. The number of hydrogen-bond donors (Lipinski definition) is 1. The first-order valence-electron chi connectivity index (χ1n) is 10.0. The standard InChI is InChI=1S/C25H21Cl2N3O2/c1-17-12-23(10-11-24(17)27)32-16-19-2-6-20(7-3-19)25(31)29-22-13-28-30(15-22)14-18-4-8-21(26)9-5-18/h2-13,15H,14,16H2,1H3,(H,29,31). The van der Waals surface area contributed by atoms with Gasteiger partial charge >= 0.3 is 0 Å². The van der Waals surface area contributed by atoms with Crippen LogP contribution in [-0.2, 0) is 13.2 Å². The zero-order chi connectivity index (χ0) is 22.5. The molecule has 0 spiro atoms. The molecule has 0 bridgehead atoms. The van der Waals surface area contributed by atoms with Crippen LogP contribution in [0.15, 0.2) is 79.1 Å². The summed E-state index contributed by atoms with van der Waals surface area (Å²) in [6.07, 6.45) is 3.42. The minimum atomic E-state index is -0.197. The molecule has 0 radical (unpaired) electrons. The molecule has 162 valence electrons. The van der Waals surface area contributed by atoms with Crippen molar-refractivity contribution < 1.29 is 9.53 Å². The van der Waals surface area contributed by atoms with Gasteiger partial charge in [-0.3, -0.25) is 9.48 Å². The zero-order valence-corrected chi connectivity index (χ0v) is 18.9. The number of amides is 1. The minimum Gasteiger partial charge on any atom is -0.489 e. The first-order valence-corrected chi connectivity index (χ1v) is 10.8. The molecule has 5 nitrogen and oxygen atoms in total. The van der Waals surface area contributed by atoms with E-state index in [1.807, 2.05) is 61.5 Å². The molecule has 1 N–H and O–H groups in total. The van der Waals surface area contributed by atoms with Crippen LogP contribution in [0.2, 0.25) is 10.0 Å². The van der Waals surface area contributed by atoms with Crippen molar-refractivity contribution in [2.75, 3.05) is 5.32 Å². The van der Waals surface area contributed by atoms with E-state index in [0.717, 1.165) is 22.4 Å². The van der Waals surface area contributed by atoms with Crippen molar-refractivity contribution in [3.63, 3.8) is 0 Å². The van der Waals surface area contributed by atoms with Crippen LogP contribution >= 0.6 is 23.2 Å². The van der Waals surface area contributed by atoms with Crippen LogP contribution in [-0.4, -0.2) is 15.7 Å². The molecule has 0 aliphatic carbocycles. The molecule has 1 heterocycles. The maximum atomic E-state index is 12.6. The lowest BCUT2D eigenvalue weighted by Crippen LogP contribution is -2.11. The molecule has 0 unspecified atom stereocenters. The third-order valence-electron chi connectivity index (χ3n) is 4.90. The summed E-state index contributed by atoms with van der Waals surface area (Å²) in [4.78, 5) is 12.6. The fourth-order valence-electron chi connectivity index (χ4n) is 3.12. The minimum absolute atomic E-state index is 0.197. The first-order chi connectivity index (χ1) is 15.5. The van der Waals surface area contributed by atoms with Crippen LogP contribution < -0.4 is 10.1 Å². The normalized spacial score (nSPS) is 10.7. The van der Waals surface area contributed by atoms with Gasteiger partial charge in [0.25, 0.3) is 5.91 Å². The topological polar surface area (TPSA) is 56.1 Å². The number of nitrogens with one attached hydrogen (secondary N) is 1. The van der Waals surface area contributed by atoms with Crippen molar-refractivity contribution in [1.82, 2.24) is 9.78 Å². The number of nitrogens with zero attached hydrogens (tertiary/aromatic N) is 2. The maximum absolute atomic E-state index is 12.6. The van der Waals surface area contributed by atoms with Crippen LogP contribution in [0.3, 0.4) is 0 Å². The molecule has 4 rings (SSSR count). The number of ether oxygens (including phenoxy) is 1. The summed E-state index contributed by atoms with van der Waals surface area (Å²) in [5.74, 6) is 0.557. The number of halogens is 2. The SMILES string of the molecule is Cc1cc(OCc2ccc(C(=O)Nc3cnn(Cc4ccc(Cl)cc4)c3)cc2)ccc1Cl. The first kappa shape index (κ1) is 21.9. The van der Waals surface area contributed by atoms with Gasteiger partial charge in [0.1, 0.15) is 12.4 Å². The van der Waals surface area contributed by atoms with Crippen molar-refractivity contribution in [1.29, 1.82) is 0 Å². The van der Waals surface area contributed by atoms with Gasteiger partial charge in [-0.2, -0.15) is 5.10 Å². The number of hydrogen-bond acceptors (Lipinski definition) is 3. The Morgan fingerprint density at radius 3 is 2.44 bits per heavy atom. The van der Waals surface area contributed by atoms with Gasteiger partial charge in [0.2, 0.25) is 0 Å². The molecule has 1 aromatic heterocycles. The Morgan fingerprint density at radius 2 is 1.72 bits per heavy atom. The second kappa shape index (κ2) is 9.90. The summed E-state index contributed by atoms with van der Waals surface area (Å²) in [7, 11) is 0. The quantitative estimate of drug-likeness (QED) is 0.344. The van der Waals surface area contributed by atoms with E-state index in [1.54, 1.807) is 29.2 Å². The van der Waals surface area contributed by atoms with E-state index in [-0.39, 0.29) is 5.91 Å². The summed E-state index contributed by atoms with van der Waals surface area (Å²) < 4.78 is 7.57. The average molecular weight is 466 g/mol. The Morgan fingerprint density at radius 1 is 1.00 bits per heavy atom. The largest absolute Gasteiger partial charge is 0.489 e. The third-order valence-corrected chi connectivity index (χ3v) is 5.58. The van der Waals surface area contributed by atoms with Crippen LogP contribution in [0.4, 0.5) is 5.69 Å². The fourth-order valence-corrected chi connectivity index (χ4v) is 3.36. The van der Waals surface area contributed by atoms with Gasteiger partial charge in [0, 0.05) is 21.8 Å². The Balaban J connectivity index is 1.32. The summed E-state index contributed by atoms with van der Waals surface area (Å²) in [6.45, 7) is 2.93. The number of benzene rings is 3. The van der Waals surface area contributed by atoms with Gasteiger partial charge in [-0.15, -0.1) is 0 Å². The molecule has 0 fully saturated rings. The second-order valence-corrected chi connectivity index (χ2v) is 8.25. The number of anilines is 1. The highest BCUT2D eigenvalue weighted by Gasteiger charge is 2.08.